The van der Waals surface area contributed by atoms with Gasteiger partial charge in [0, 0.05) is 32.8 Å². The van der Waals surface area contributed by atoms with E-state index in [-0.39, 0.29) is 12.0 Å². The molecule has 0 spiro atoms. The Morgan fingerprint density at radius 2 is 2.06 bits per heavy atom. The van der Waals surface area contributed by atoms with Gasteiger partial charge in [-0.3, -0.25) is 9.69 Å². The zero-order valence-electron chi connectivity index (χ0n) is 10.8. The molecular formula is C13H21N3O2. The lowest BCUT2D eigenvalue weighted by molar-refractivity contribution is -0.136. The van der Waals surface area contributed by atoms with Crippen LogP contribution < -0.4 is 0 Å². The van der Waals surface area contributed by atoms with Crippen molar-refractivity contribution < 1.29 is 9.53 Å². The van der Waals surface area contributed by atoms with E-state index < -0.39 is 0 Å². The first kappa shape index (κ1) is 13.3. The van der Waals surface area contributed by atoms with Gasteiger partial charge in [-0.1, -0.05) is 0 Å². The third-order valence-electron chi connectivity index (χ3n) is 3.70. The second-order valence-corrected chi connectivity index (χ2v) is 5.01. The van der Waals surface area contributed by atoms with Crippen LogP contribution in [0.25, 0.3) is 0 Å². The van der Waals surface area contributed by atoms with E-state index in [9.17, 15) is 4.79 Å². The smallest absolute Gasteiger partial charge is 0.225 e. The first-order valence-electron chi connectivity index (χ1n) is 6.78. The number of nitriles is 1. The second-order valence-electron chi connectivity index (χ2n) is 5.01. The lowest BCUT2D eigenvalue weighted by Gasteiger charge is -2.34. The van der Waals surface area contributed by atoms with E-state index in [1.165, 1.54) is 6.42 Å². The molecule has 1 atom stereocenters. The summed E-state index contributed by atoms with van der Waals surface area (Å²) in [7, 11) is 0. The molecular weight excluding hydrogens is 230 g/mol. The lowest BCUT2D eigenvalue weighted by atomic mass is 10.1. The molecule has 18 heavy (non-hydrogen) atoms. The maximum Gasteiger partial charge on any atom is 0.225 e. The largest absolute Gasteiger partial charge is 0.378 e. The van der Waals surface area contributed by atoms with Crippen molar-refractivity contribution in [3.63, 3.8) is 0 Å². The van der Waals surface area contributed by atoms with Crippen LogP contribution in [0.3, 0.4) is 0 Å². The predicted octanol–water partition coefficient (Wildman–Crippen LogP) is 0.613. The molecule has 0 N–H and O–H groups in total. The van der Waals surface area contributed by atoms with Crippen molar-refractivity contribution in [2.75, 3.05) is 39.3 Å². The Hall–Kier alpha value is -1.12. The summed E-state index contributed by atoms with van der Waals surface area (Å²) in [5.41, 5.74) is 0. The topological polar surface area (TPSA) is 56.6 Å². The van der Waals surface area contributed by atoms with E-state index in [1.54, 1.807) is 0 Å². The average molecular weight is 251 g/mol. The standard InChI is InChI=1S/C13H21N3O2/c14-4-5-15-6-8-16(9-7-15)13(17)11-12-3-1-2-10-18-12/h12H,1-3,5-11H2. The summed E-state index contributed by atoms with van der Waals surface area (Å²) in [6.07, 6.45) is 3.97. The Bertz CT molecular complexity index is 313. The number of ether oxygens (including phenoxy) is 1. The van der Waals surface area contributed by atoms with Crippen LogP contribution in [0.15, 0.2) is 0 Å². The number of rotatable bonds is 3. The van der Waals surface area contributed by atoms with Gasteiger partial charge in [0.2, 0.25) is 5.91 Å². The molecule has 2 aliphatic rings. The van der Waals surface area contributed by atoms with Crippen molar-refractivity contribution >= 4 is 5.91 Å². The molecule has 2 saturated heterocycles. The molecule has 0 radical (unpaired) electrons. The molecule has 2 heterocycles. The molecule has 0 saturated carbocycles. The lowest BCUT2D eigenvalue weighted by Crippen LogP contribution is -2.49. The van der Waals surface area contributed by atoms with Gasteiger partial charge in [0.15, 0.2) is 0 Å². The maximum absolute atomic E-state index is 12.1. The van der Waals surface area contributed by atoms with Gasteiger partial charge in [0.05, 0.1) is 25.1 Å². The Morgan fingerprint density at radius 1 is 1.28 bits per heavy atom. The number of hydrogen-bond acceptors (Lipinski definition) is 4. The summed E-state index contributed by atoms with van der Waals surface area (Å²) < 4.78 is 5.60. The second kappa shape index (κ2) is 6.72. The normalized spacial score (nSPS) is 25.7. The van der Waals surface area contributed by atoms with E-state index in [0.717, 1.165) is 45.6 Å². The van der Waals surface area contributed by atoms with Gasteiger partial charge in [0.1, 0.15) is 0 Å². The summed E-state index contributed by atoms with van der Waals surface area (Å²) in [5.74, 6) is 0.207. The van der Waals surface area contributed by atoms with Crippen LogP contribution in [0, 0.1) is 11.3 Å². The molecule has 0 aromatic carbocycles. The summed E-state index contributed by atoms with van der Waals surface area (Å²) in [4.78, 5) is 16.1. The van der Waals surface area contributed by atoms with Crippen LogP contribution >= 0.6 is 0 Å². The zero-order valence-corrected chi connectivity index (χ0v) is 10.8. The zero-order chi connectivity index (χ0) is 12.8. The van der Waals surface area contributed by atoms with Crippen LogP contribution in [-0.4, -0.2) is 61.1 Å². The Balaban J connectivity index is 1.72. The van der Waals surface area contributed by atoms with Gasteiger partial charge in [0.25, 0.3) is 0 Å². The first-order chi connectivity index (χ1) is 8.79. The summed E-state index contributed by atoms with van der Waals surface area (Å²) in [6.45, 7) is 4.37. The molecule has 0 bridgehead atoms. The molecule has 1 amide bonds. The van der Waals surface area contributed by atoms with Crippen LogP contribution in [0.5, 0.6) is 0 Å². The molecule has 0 aliphatic carbocycles. The molecule has 0 aromatic heterocycles. The Labute approximate surface area is 108 Å². The number of amides is 1. The van der Waals surface area contributed by atoms with E-state index >= 15 is 0 Å². The van der Waals surface area contributed by atoms with E-state index in [0.29, 0.717) is 13.0 Å². The Kier molecular flexibility index (Phi) is 4.97. The molecule has 1 unspecified atom stereocenters. The SMILES string of the molecule is N#CCN1CCN(C(=O)CC2CCCCO2)CC1. The summed E-state index contributed by atoms with van der Waals surface area (Å²) in [6, 6.07) is 2.15. The molecule has 100 valence electrons. The highest BCUT2D eigenvalue weighted by atomic mass is 16.5. The van der Waals surface area contributed by atoms with Gasteiger partial charge < -0.3 is 9.64 Å². The van der Waals surface area contributed by atoms with E-state index in [2.05, 4.69) is 11.0 Å². The molecule has 2 fully saturated rings. The van der Waals surface area contributed by atoms with Gasteiger partial charge in [-0.05, 0) is 19.3 Å². The van der Waals surface area contributed by atoms with Crippen LogP contribution in [0.4, 0.5) is 0 Å². The highest BCUT2D eigenvalue weighted by molar-refractivity contribution is 5.76. The van der Waals surface area contributed by atoms with Gasteiger partial charge in [-0.2, -0.15) is 5.26 Å². The van der Waals surface area contributed by atoms with Crippen molar-refractivity contribution in [3.8, 4) is 6.07 Å². The highest BCUT2D eigenvalue weighted by Crippen LogP contribution is 2.17. The molecule has 5 nitrogen and oxygen atoms in total. The number of carbonyl (C=O) groups excluding carboxylic acids is 1. The van der Waals surface area contributed by atoms with Crippen molar-refractivity contribution in [1.29, 1.82) is 5.26 Å². The molecule has 5 heteroatoms. The summed E-state index contributed by atoms with van der Waals surface area (Å²) >= 11 is 0. The first-order valence-corrected chi connectivity index (χ1v) is 6.78. The summed E-state index contributed by atoms with van der Waals surface area (Å²) in [5, 5.41) is 8.62. The van der Waals surface area contributed by atoms with Crippen molar-refractivity contribution in [3.05, 3.63) is 0 Å². The van der Waals surface area contributed by atoms with Crippen LogP contribution in [-0.2, 0) is 9.53 Å². The monoisotopic (exact) mass is 251 g/mol. The van der Waals surface area contributed by atoms with Gasteiger partial charge >= 0.3 is 0 Å². The van der Waals surface area contributed by atoms with Crippen LogP contribution in [0.2, 0.25) is 0 Å². The van der Waals surface area contributed by atoms with Crippen molar-refractivity contribution in [2.24, 2.45) is 0 Å². The Morgan fingerprint density at radius 3 is 2.67 bits per heavy atom. The third-order valence-corrected chi connectivity index (χ3v) is 3.70. The highest BCUT2D eigenvalue weighted by Gasteiger charge is 2.24. The number of piperazine rings is 1. The number of carbonyl (C=O) groups is 1. The fourth-order valence-corrected chi connectivity index (χ4v) is 2.55. The molecule has 2 rings (SSSR count). The third kappa shape index (κ3) is 3.69. The maximum atomic E-state index is 12.1. The van der Waals surface area contributed by atoms with E-state index in [1.807, 2.05) is 4.90 Å². The fraction of sp³-hybridized carbons (Fsp3) is 0.846. The molecule has 0 aromatic rings. The molecule has 2 aliphatic heterocycles. The van der Waals surface area contributed by atoms with Crippen molar-refractivity contribution in [1.82, 2.24) is 9.80 Å². The van der Waals surface area contributed by atoms with Gasteiger partial charge in [-0.15, -0.1) is 0 Å². The van der Waals surface area contributed by atoms with Gasteiger partial charge in [-0.25, -0.2) is 0 Å². The minimum Gasteiger partial charge on any atom is -0.378 e. The van der Waals surface area contributed by atoms with E-state index in [4.69, 9.17) is 10.00 Å². The number of nitrogens with zero attached hydrogens (tertiary/aromatic N) is 3. The quantitative estimate of drug-likeness (QED) is 0.690. The minimum absolute atomic E-state index is 0.128. The van der Waals surface area contributed by atoms with Crippen LogP contribution in [0.1, 0.15) is 25.7 Å². The fourth-order valence-electron chi connectivity index (χ4n) is 2.55. The minimum atomic E-state index is 0.128. The predicted molar refractivity (Wildman–Crippen MR) is 66.8 cm³/mol. The average Bonchev–Trinajstić information content (AvgIpc) is 2.41. The number of hydrogen-bond donors (Lipinski definition) is 0. The van der Waals surface area contributed by atoms with Crippen molar-refractivity contribution in [2.45, 2.75) is 31.8 Å².